The van der Waals surface area contributed by atoms with Gasteiger partial charge in [0.15, 0.2) is 6.54 Å². The molecule has 0 aliphatic carbocycles. The van der Waals surface area contributed by atoms with E-state index in [0.29, 0.717) is 13.1 Å². The van der Waals surface area contributed by atoms with Crippen LogP contribution in [0.1, 0.15) is 29.7 Å². The summed E-state index contributed by atoms with van der Waals surface area (Å²) >= 11 is 0. The molecule has 0 radical (unpaired) electrons. The Hall–Kier alpha value is -2.13. The highest BCUT2D eigenvalue weighted by atomic mass is 16.1. The number of benzene rings is 2. The average Bonchev–Trinajstić information content (AvgIpc) is 2.52. The van der Waals surface area contributed by atoms with Gasteiger partial charge in [-0.1, -0.05) is 54.6 Å². The molecule has 3 heteroatoms. The zero-order valence-corrected chi connectivity index (χ0v) is 12.7. The van der Waals surface area contributed by atoms with Gasteiger partial charge in [0.2, 0.25) is 0 Å². The summed E-state index contributed by atoms with van der Waals surface area (Å²) in [6, 6.07) is 18.6. The summed E-state index contributed by atoms with van der Waals surface area (Å²) in [5.41, 5.74) is 3.62. The van der Waals surface area contributed by atoms with Crippen LogP contribution in [0.25, 0.3) is 0 Å². The third-order valence-corrected chi connectivity index (χ3v) is 3.72. The van der Waals surface area contributed by atoms with E-state index in [0.717, 1.165) is 0 Å². The molecule has 110 valence electrons. The predicted molar refractivity (Wildman–Crippen MR) is 84.7 cm³/mol. The lowest BCUT2D eigenvalue weighted by Crippen LogP contribution is -2.87. The van der Waals surface area contributed by atoms with Crippen molar-refractivity contribution in [3.05, 3.63) is 71.3 Å². The molecule has 0 aliphatic rings. The van der Waals surface area contributed by atoms with Crippen LogP contribution in [0.2, 0.25) is 0 Å². The number of nitrogens with two attached hydrogens (primary N) is 1. The fourth-order valence-electron chi connectivity index (χ4n) is 2.25. The molecule has 3 nitrogen and oxygen atoms in total. The highest BCUT2D eigenvalue weighted by Crippen LogP contribution is 2.07. The lowest BCUT2D eigenvalue weighted by Gasteiger charge is -2.11. The maximum atomic E-state index is 11.9. The maximum Gasteiger partial charge on any atom is 0.275 e. The molecule has 0 fully saturated rings. The second-order valence-corrected chi connectivity index (χ2v) is 5.34. The van der Waals surface area contributed by atoms with Gasteiger partial charge in [0.25, 0.3) is 5.91 Å². The summed E-state index contributed by atoms with van der Waals surface area (Å²) in [6.45, 7) is 5.22. The monoisotopic (exact) mass is 283 g/mol. The standard InChI is InChI=1S/C18H22N2O/c1-14-8-6-7-11-17(14)12-20-18(21)13-19-15(2)16-9-4-3-5-10-16/h3-11,15,19H,12-13H2,1-2H3,(H,20,21)/p+1/t15-/m1/s1. The smallest absolute Gasteiger partial charge is 0.275 e. The van der Waals surface area contributed by atoms with Crippen LogP contribution in [0.15, 0.2) is 54.6 Å². The van der Waals surface area contributed by atoms with Gasteiger partial charge in [-0.25, -0.2) is 0 Å². The van der Waals surface area contributed by atoms with Crippen molar-refractivity contribution in [3.63, 3.8) is 0 Å². The van der Waals surface area contributed by atoms with Crippen molar-refractivity contribution < 1.29 is 10.1 Å². The second kappa shape index (κ2) is 7.60. The molecule has 0 bridgehead atoms. The van der Waals surface area contributed by atoms with Crippen LogP contribution in [-0.2, 0) is 11.3 Å². The average molecular weight is 283 g/mol. The SMILES string of the molecule is Cc1ccccc1CNC(=O)C[NH2+][C@H](C)c1ccccc1. The Morgan fingerprint density at radius 3 is 2.48 bits per heavy atom. The Kier molecular flexibility index (Phi) is 5.52. The molecule has 2 aromatic carbocycles. The summed E-state index contributed by atoms with van der Waals surface area (Å²) in [7, 11) is 0. The maximum absolute atomic E-state index is 11.9. The Labute approximate surface area is 126 Å². The molecule has 1 atom stereocenters. The number of quaternary nitrogens is 1. The summed E-state index contributed by atoms with van der Waals surface area (Å²) < 4.78 is 0. The van der Waals surface area contributed by atoms with Crippen LogP contribution in [0.3, 0.4) is 0 Å². The van der Waals surface area contributed by atoms with Gasteiger partial charge in [0, 0.05) is 12.1 Å². The Morgan fingerprint density at radius 1 is 1.10 bits per heavy atom. The number of amides is 1. The van der Waals surface area contributed by atoms with Gasteiger partial charge < -0.3 is 10.6 Å². The second-order valence-electron chi connectivity index (χ2n) is 5.34. The normalized spacial score (nSPS) is 11.9. The Bertz CT molecular complexity index is 581. The van der Waals surface area contributed by atoms with E-state index >= 15 is 0 Å². The van der Waals surface area contributed by atoms with Crippen molar-refractivity contribution in [2.45, 2.75) is 26.4 Å². The zero-order valence-electron chi connectivity index (χ0n) is 12.7. The van der Waals surface area contributed by atoms with E-state index in [4.69, 9.17) is 0 Å². The van der Waals surface area contributed by atoms with Gasteiger partial charge in [-0.05, 0) is 25.0 Å². The first-order valence-corrected chi connectivity index (χ1v) is 7.36. The molecule has 0 saturated carbocycles. The molecule has 3 N–H and O–H groups in total. The summed E-state index contributed by atoms with van der Waals surface area (Å²) in [5.74, 6) is 0.0704. The number of hydrogen-bond donors (Lipinski definition) is 2. The molecule has 0 unspecified atom stereocenters. The van der Waals surface area contributed by atoms with Gasteiger partial charge in [0.1, 0.15) is 6.04 Å². The third kappa shape index (κ3) is 4.72. The molecular weight excluding hydrogens is 260 g/mol. The molecule has 2 rings (SSSR count). The van der Waals surface area contributed by atoms with E-state index in [2.05, 4.69) is 42.7 Å². The van der Waals surface area contributed by atoms with Crippen molar-refractivity contribution in [1.82, 2.24) is 5.32 Å². The number of carbonyl (C=O) groups excluding carboxylic acids is 1. The minimum Gasteiger partial charge on any atom is -0.347 e. The minimum absolute atomic E-state index is 0.0704. The number of carbonyl (C=O) groups is 1. The number of rotatable bonds is 6. The van der Waals surface area contributed by atoms with Crippen molar-refractivity contribution in [1.29, 1.82) is 0 Å². The third-order valence-electron chi connectivity index (χ3n) is 3.72. The zero-order chi connectivity index (χ0) is 15.1. The van der Waals surface area contributed by atoms with E-state index in [9.17, 15) is 4.79 Å². The van der Waals surface area contributed by atoms with Gasteiger partial charge in [-0.2, -0.15) is 0 Å². The highest BCUT2D eigenvalue weighted by Gasteiger charge is 2.10. The lowest BCUT2D eigenvalue weighted by molar-refractivity contribution is -0.682. The van der Waals surface area contributed by atoms with Crippen LogP contribution >= 0.6 is 0 Å². The molecule has 0 aromatic heterocycles. The van der Waals surface area contributed by atoms with E-state index in [-0.39, 0.29) is 11.9 Å². The number of nitrogens with one attached hydrogen (secondary N) is 1. The predicted octanol–water partition coefficient (Wildman–Crippen LogP) is 1.94. The Morgan fingerprint density at radius 2 is 1.76 bits per heavy atom. The fraction of sp³-hybridized carbons (Fsp3) is 0.278. The first-order valence-electron chi connectivity index (χ1n) is 7.36. The highest BCUT2D eigenvalue weighted by molar-refractivity contribution is 5.76. The van der Waals surface area contributed by atoms with Crippen LogP contribution < -0.4 is 10.6 Å². The van der Waals surface area contributed by atoms with Crippen LogP contribution in [-0.4, -0.2) is 12.5 Å². The molecule has 0 heterocycles. The molecule has 0 saturated heterocycles. The number of hydrogen-bond acceptors (Lipinski definition) is 1. The molecule has 0 spiro atoms. The number of aryl methyl sites for hydroxylation is 1. The summed E-state index contributed by atoms with van der Waals surface area (Å²) in [5, 5.41) is 5.03. The van der Waals surface area contributed by atoms with Gasteiger partial charge in [-0.3, -0.25) is 4.79 Å². The van der Waals surface area contributed by atoms with Crippen LogP contribution in [0, 0.1) is 6.92 Å². The van der Waals surface area contributed by atoms with E-state index < -0.39 is 0 Å². The quantitative estimate of drug-likeness (QED) is 0.836. The van der Waals surface area contributed by atoms with Crippen LogP contribution in [0.4, 0.5) is 0 Å². The van der Waals surface area contributed by atoms with E-state index in [1.807, 2.05) is 36.4 Å². The van der Waals surface area contributed by atoms with E-state index in [1.165, 1.54) is 16.7 Å². The molecule has 21 heavy (non-hydrogen) atoms. The fourth-order valence-corrected chi connectivity index (χ4v) is 2.25. The van der Waals surface area contributed by atoms with Gasteiger partial charge in [0.05, 0.1) is 0 Å². The van der Waals surface area contributed by atoms with Crippen molar-refractivity contribution in [2.75, 3.05) is 6.54 Å². The van der Waals surface area contributed by atoms with Crippen molar-refractivity contribution in [3.8, 4) is 0 Å². The van der Waals surface area contributed by atoms with Gasteiger partial charge >= 0.3 is 0 Å². The molecule has 2 aromatic rings. The Balaban J connectivity index is 1.76. The van der Waals surface area contributed by atoms with Gasteiger partial charge in [-0.15, -0.1) is 0 Å². The van der Waals surface area contributed by atoms with Crippen molar-refractivity contribution in [2.24, 2.45) is 0 Å². The van der Waals surface area contributed by atoms with Crippen LogP contribution in [0.5, 0.6) is 0 Å². The first-order chi connectivity index (χ1) is 10.2. The first kappa shape index (κ1) is 15.3. The van der Waals surface area contributed by atoms with E-state index in [1.54, 1.807) is 0 Å². The molecular formula is C18H23N2O+. The minimum atomic E-state index is 0.0704. The van der Waals surface area contributed by atoms with Crippen molar-refractivity contribution >= 4 is 5.91 Å². The summed E-state index contributed by atoms with van der Waals surface area (Å²) in [4.78, 5) is 11.9. The molecule has 1 amide bonds. The topological polar surface area (TPSA) is 45.7 Å². The lowest BCUT2D eigenvalue weighted by atomic mass is 10.1. The summed E-state index contributed by atoms with van der Waals surface area (Å²) in [6.07, 6.45) is 0. The largest absolute Gasteiger partial charge is 0.347 e. The molecule has 0 aliphatic heterocycles.